The quantitative estimate of drug-likeness (QED) is 0.337. The van der Waals surface area contributed by atoms with Crippen LogP contribution in [0.1, 0.15) is 13.8 Å². The Balaban J connectivity index is 3.53. The largest absolute Gasteiger partial charge is 0.339 e. The summed E-state index contributed by atoms with van der Waals surface area (Å²) in [7, 11) is 0. The van der Waals surface area contributed by atoms with Gasteiger partial charge in [-0.2, -0.15) is 0 Å². The van der Waals surface area contributed by atoms with Crippen LogP contribution in [-0.2, 0) is 4.74 Å². The Morgan fingerprint density at radius 3 is 2.50 bits per heavy atom. The smallest absolute Gasteiger partial charge is 0.273 e. The van der Waals surface area contributed by atoms with Crippen LogP contribution in [0.4, 0.5) is 0 Å². The number of rotatable bonds is 3. The monoisotopic (exact) mass is 137 g/mol. The first kappa shape index (κ1) is 7.85. The molecule has 0 rings (SSSR count). The van der Waals surface area contributed by atoms with Crippen molar-refractivity contribution in [2.45, 2.75) is 19.0 Å². The van der Waals surface area contributed by atoms with E-state index in [-0.39, 0.29) is 0 Å². The molecule has 4 heteroatoms. The Hall–Kier alpha value is -0.150. The number of halogens is 1. The van der Waals surface area contributed by atoms with Crippen LogP contribution in [0.5, 0.6) is 0 Å². The van der Waals surface area contributed by atoms with Gasteiger partial charge in [-0.05, 0) is 12.1 Å². The lowest BCUT2D eigenvalue weighted by atomic mass is 10.7. The highest BCUT2D eigenvalue weighted by atomic mass is 35.5. The second kappa shape index (κ2) is 2.99. The van der Waals surface area contributed by atoms with Gasteiger partial charge in [-0.3, -0.25) is 0 Å². The molecular weight excluding hydrogens is 130 g/mol. The number of ether oxygens (including phenoxy) is 1. The molecule has 0 saturated carbocycles. The molecule has 1 atom stereocenters. The SMILES string of the molecule is CCOC(C)(Cl)N=O. The summed E-state index contributed by atoms with van der Waals surface area (Å²) in [5, 5.41) is 1.14. The molecule has 8 heavy (non-hydrogen) atoms. The van der Waals surface area contributed by atoms with Crippen LogP contribution in [0.25, 0.3) is 0 Å². The van der Waals surface area contributed by atoms with Crippen molar-refractivity contribution < 1.29 is 4.74 Å². The van der Waals surface area contributed by atoms with E-state index in [1.165, 1.54) is 6.92 Å². The summed E-state index contributed by atoms with van der Waals surface area (Å²) in [6.45, 7) is 3.53. The zero-order chi connectivity index (χ0) is 6.62. The van der Waals surface area contributed by atoms with Crippen molar-refractivity contribution in [1.82, 2.24) is 0 Å². The summed E-state index contributed by atoms with van der Waals surface area (Å²) < 4.78 is 4.66. The predicted octanol–water partition coefficient (Wildman–Crippen LogP) is 1.70. The first-order valence-corrected chi connectivity index (χ1v) is 2.67. The molecule has 0 amide bonds. The summed E-state index contributed by atoms with van der Waals surface area (Å²) in [4.78, 5) is 9.71. The molecule has 0 spiro atoms. The molecule has 0 saturated heterocycles. The highest BCUT2D eigenvalue weighted by Gasteiger charge is 2.19. The number of nitrogens with zero attached hydrogens (tertiary/aromatic N) is 1. The van der Waals surface area contributed by atoms with E-state index in [1.54, 1.807) is 6.92 Å². The zero-order valence-electron chi connectivity index (χ0n) is 4.85. The van der Waals surface area contributed by atoms with Crippen molar-refractivity contribution in [2.75, 3.05) is 6.61 Å². The molecular formula is C4H8ClNO2. The van der Waals surface area contributed by atoms with Crippen LogP contribution >= 0.6 is 11.6 Å². The van der Waals surface area contributed by atoms with E-state index in [2.05, 4.69) is 9.91 Å². The average Bonchev–Trinajstić information content (AvgIpc) is 1.67. The van der Waals surface area contributed by atoms with E-state index < -0.39 is 5.18 Å². The van der Waals surface area contributed by atoms with Gasteiger partial charge in [0.25, 0.3) is 5.18 Å². The van der Waals surface area contributed by atoms with Crippen molar-refractivity contribution in [1.29, 1.82) is 0 Å². The Morgan fingerprint density at radius 1 is 1.88 bits per heavy atom. The molecule has 1 unspecified atom stereocenters. The fourth-order valence-corrected chi connectivity index (χ4v) is 0.399. The maximum absolute atomic E-state index is 9.71. The van der Waals surface area contributed by atoms with Crippen molar-refractivity contribution >= 4 is 11.6 Å². The van der Waals surface area contributed by atoms with E-state index in [4.69, 9.17) is 11.6 Å². The number of hydrogen-bond donors (Lipinski definition) is 0. The van der Waals surface area contributed by atoms with E-state index >= 15 is 0 Å². The highest BCUT2D eigenvalue weighted by Crippen LogP contribution is 2.15. The van der Waals surface area contributed by atoms with Crippen molar-refractivity contribution in [3.8, 4) is 0 Å². The lowest BCUT2D eigenvalue weighted by Gasteiger charge is -2.10. The fraction of sp³-hybridized carbons (Fsp3) is 1.00. The van der Waals surface area contributed by atoms with Crippen molar-refractivity contribution in [3.05, 3.63) is 4.91 Å². The van der Waals surface area contributed by atoms with Gasteiger partial charge in [0, 0.05) is 13.5 Å². The van der Waals surface area contributed by atoms with Gasteiger partial charge in [0.05, 0.1) is 0 Å². The lowest BCUT2D eigenvalue weighted by molar-refractivity contribution is 0.0476. The van der Waals surface area contributed by atoms with Crippen LogP contribution in [0, 0.1) is 4.91 Å². The minimum atomic E-state index is -1.37. The van der Waals surface area contributed by atoms with Gasteiger partial charge >= 0.3 is 0 Å². The summed E-state index contributed by atoms with van der Waals surface area (Å²) >= 11 is 5.32. The third kappa shape index (κ3) is 2.93. The average molecular weight is 138 g/mol. The van der Waals surface area contributed by atoms with Crippen LogP contribution in [0.3, 0.4) is 0 Å². The molecule has 0 N–H and O–H groups in total. The standard InChI is InChI=1S/C4H8ClNO2/c1-3-8-4(2,5)6-7/h3H2,1-2H3. The van der Waals surface area contributed by atoms with E-state index in [0.717, 1.165) is 0 Å². The van der Waals surface area contributed by atoms with E-state index in [1.807, 2.05) is 0 Å². The molecule has 0 aliphatic rings. The summed E-state index contributed by atoms with van der Waals surface area (Å²) in [6, 6.07) is 0. The first-order valence-electron chi connectivity index (χ1n) is 2.30. The third-order valence-corrected chi connectivity index (χ3v) is 0.749. The van der Waals surface area contributed by atoms with Crippen LogP contribution in [0.2, 0.25) is 0 Å². The summed E-state index contributed by atoms with van der Waals surface area (Å²) in [6.07, 6.45) is 0. The number of nitroso groups, excluding NO2 is 1. The van der Waals surface area contributed by atoms with Crippen LogP contribution < -0.4 is 0 Å². The highest BCUT2D eigenvalue weighted by molar-refractivity contribution is 6.22. The molecule has 0 aliphatic carbocycles. The van der Waals surface area contributed by atoms with Crippen LogP contribution in [-0.4, -0.2) is 11.8 Å². The maximum Gasteiger partial charge on any atom is 0.273 e. The Labute approximate surface area is 52.9 Å². The Kier molecular flexibility index (Phi) is 2.94. The van der Waals surface area contributed by atoms with Gasteiger partial charge in [0.15, 0.2) is 0 Å². The summed E-state index contributed by atoms with van der Waals surface area (Å²) in [5.41, 5.74) is 0. The molecule has 0 aromatic heterocycles. The van der Waals surface area contributed by atoms with Gasteiger partial charge in [0.1, 0.15) is 0 Å². The zero-order valence-corrected chi connectivity index (χ0v) is 5.60. The normalized spacial score (nSPS) is 17.4. The molecule has 0 bridgehead atoms. The molecule has 0 heterocycles. The van der Waals surface area contributed by atoms with Gasteiger partial charge in [-0.15, -0.1) is 4.91 Å². The summed E-state index contributed by atoms with van der Waals surface area (Å²) in [5.74, 6) is 0. The molecule has 3 nitrogen and oxygen atoms in total. The minimum absolute atomic E-state index is 0.395. The van der Waals surface area contributed by atoms with Crippen molar-refractivity contribution in [2.24, 2.45) is 5.18 Å². The number of alkyl halides is 1. The second-order valence-electron chi connectivity index (χ2n) is 1.39. The van der Waals surface area contributed by atoms with Gasteiger partial charge in [-0.25, -0.2) is 0 Å². The van der Waals surface area contributed by atoms with E-state index in [0.29, 0.717) is 6.61 Å². The van der Waals surface area contributed by atoms with Crippen molar-refractivity contribution in [3.63, 3.8) is 0 Å². The van der Waals surface area contributed by atoms with E-state index in [9.17, 15) is 4.91 Å². The predicted molar refractivity (Wildman–Crippen MR) is 31.7 cm³/mol. The first-order chi connectivity index (χ1) is 3.62. The molecule has 48 valence electrons. The van der Waals surface area contributed by atoms with Gasteiger partial charge < -0.3 is 4.74 Å². The molecule has 0 fully saturated rings. The van der Waals surface area contributed by atoms with Gasteiger partial charge in [-0.1, -0.05) is 11.6 Å². The third-order valence-electron chi connectivity index (χ3n) is 0.571. The Bertz CT molecular complexity index is 84.1. The number of hydrogen-bond acceptors (Lipinski definition) is 3. The molecule has 0 radical (unpaired) electrons. The van der Waals surface area contributed by atoms with Crippen LogP contribution in [0.15, 0.2) is 5.18 Å². The maximum atomic E-state index is 9.71. The lowest BCUT2D eigenvalue weighted by Crippen LogP contribution is -2.16. The second-order valence-corrected chi connectivity index (χ2v) is 2.10. The molecule has 0 aliphatic heterocycles. The van der Waals surface area contributed by atoms with Gasteiger partial charge in [0.2, 0.25) is 0 Å². The molecule has 0 aromatic carbocycles. The Morgan fingerprint density at radius 2 is 2.38 bits per heavy atom. The topological polar surface area (TPSA) is 38.7 Å². The molecule has 0 aromatic rings. The minimum Gasteiger partial charge on any atom is -0.339 e. The fourth-order valence-electron chi connectivity index (χ4n) is 0.290.